The summed E-state index contributed by atoms with van der Waals surface area (Å²) in [5, 5.41) is 8.82. The highest BCUT2D eigenvalue weighted by Gasteiger charge is 2.07. The van der Waals surface area contributed by atoms with Crippen LogP contribution >= 0.6 is 0 Å². The highest BCUT2D eigenvalue weighted by molar-refractivity contribution is 5.69. The number of ether oxygens (including phenoxy) is 3. The maximum atomic E-state index is 11.7. The van der Waals surface area contributed by atoms with Crippen LogP contribution in [0.3, 0.4) is 0 Å². The summed E-state index contributed by atoms with van der Waals surface area (Å²) in [5.74, 6) is 0.848. The zero-order valence-electron chi connectivity index (χ0n) is 12.8. The number of carbonyl (C=O) groups is 1. The molecule has 23 heavy (non-hydrogen) atoms. The van der Waals surface area contributed by atoms with Gasteiger partial charge in [0.05, 0.1) is 31.8 Å². The van der Waals surface area contributed by atoms with Crippen LogP contribution in [0.25, 0.3) is 0 Å². The molecule has 0 saturated heterocycles. The van der Waals surface area contributed by atoms with Crippen molar-refractivity contribution in [2.24, 2.45) is 0 Å². The van der Waals surface area contributed by atoms with Gasteiger partial charge in [-0.3, -0.25) is 4.79 Å². The Labute approximate surface area is 135 Å². The molecule has 0 bridgehead atoms. The molecule has 2 rings (SSSR count). The Morgan fingerprint density at radius 3 is 2.65 bits per heavy atom. The Morgan fingerprint density at radius 2 is 1.91 bits per heavy atom. The third-order valence-corrected chi connectivity index (χ3v) is 3.09. The van der Waals surface area contributed by atoms with Gasteiger partial charge in [-0.15, -0.1) is 0 Å². The molecule has 0 N–H and O–H groups in total. The van der Waals surface area contributed by atoms with Crippen LogP contribution in [0.15, 0.2) is 48.5 Å². The molecule has 0 fully saturated rings. The number of nitrogens with zero attached hydrogens (tertiary/aromatic N) is 1. The van der Waals surface area contributed by atoms with Gasteiger partial charge in [-0.25, -0.2) is 0 Å². The highest BCUT2D eigenvalue weighted by atomic mass is 16.5. The molecule has 0 radical (unpaired) electrons. The first-order chi connectivity index (χ1) is 11.2. The van der Waals surface area contributed by atoms with Gasteiger partial charge in [-0.1, -0.05) is 24.3 Å². The van der Waals surface area contributed by atoms with Crippen molar-refractivity contribution in [3.05, 3.63) is 59.7 Å². The number of para-hydroxylation sites is 2. The van der Waals surface area contributed by atoms with Crippen LogP contribution in [-0.4, -0.2) is 19.7 Å². The third-order valence-electron chi connectivity index (χ3n) is 3.09. The number of hydrogen-bond donors (Lipinski definition) is 0. The van der Waals surface area contributed by atoms with E-state index in [0.717, 1.165) is 5.56 Å². The van der Waals surface area contributed by atoms with E-state index in [2.05, 4.69) is 0 Å². The molecule has 0 spiro atoms. The quantitative estimate of drug-likeness (QED) is 0.735. The van der Waals surface area contributed by atoms with E-state index in [9.17, 15) is 4.79 Å². The van der Waals surface area contributed by atoms with Gasteiger partial charge in [0.25, 0.3) is 0 Å². The van der Waals surface area contributed by atoms with Crippen LogP contribution < -0.4 is 9.47 Å². The molecule has 5 heteroatoms. The average Bonchev–Trinajstić information content (AvgIpc) is 2.60. The van der Waals surface area contributed by atoms with Crippen LogP contribution in [0, 0.1) is 11.3 Å². The number of esters is 1. The molecule has 2 aromatic rings. The Balaban J connectivity index is 1.76. The van der Waals surface area contributed by atoms with Gasteiger partial charge < -0.3 is 14.2 Å². The predicted octanol–water partition coefficient (Wildman–Crippen LogP) is 3.08. The molecule has 5 nitrogen and oxygen atoms in total. The monoisotopic (exact) mass is 311 g/mol. The van der Waals surface area contributed by atoms with Crippen LogP contribution in [0.4, 0.5) is 0 Å². The van der Waals surface area contributed by atoms with Gasteiger partial charge in [0.15, 0.2) is 11.5 Å². The van der Waals surface area contributed by atoms with Gasteiger partial charge in [-0.05, 0) is 29.8 Å². The van der Waals surface area contributed by atoms with Crippen LogP contribution in [0.1, 0.15) is 17.5 Å². The number of nitriles is 1. The highest BCUT2D eigenvalue weighted by Crippen LogP contribution is 2.25. The Hall–Kier alpha value is -3.00. The van der Waals surface area contributed by atoms with Gasteiger partial charge in [-0.2, -0.15) is 5.26 Å². The molecule has 0 unspecified atom stereocenters. The second-order valence-electron chi connectivity index (χ2n) is 4.72. The van der Waals surface area contributed by atoms with E-state index in [-0.39, 0.29) is 25.6 Å². The first-order valence-electron chi connectivity index (χ1n) is 7.13. The SMILES string of the molecule is COc1ccccc1OCCC(=O)OCc1cccc(C#N)c1. The summed E-state index contributed by atoms with van der Waals surface area (Å²) in [7, 11) is 1.56. The largest absolute Gasteiger partial charge is 0.493 e. The summed E-state index contributed by atoms with van der Waals surface area (Å²) in [5.41, 5.74) is 1.32. The molecule has 0 heterocycles. The van der Waals surface area contributed by atoms with Crippen molar-refractivity contribution in [3.63, 3.8) is 0 Å². The van der Waals surface area contributed by atoms with Crippen molar-refractivity contribution in [1.29, 1.82) is 5.26 Å². The van der Waals surface area contributed by atoms with Gasteiger partial charge in [0, 0.05) is 0 Å². The predicted molar refractivity (Wildman–Crippen MR) is 84.1 cm³/mol. The molecule has 0 atom stereocenters. The van der Waals surface area contributed by atoms with Crippen LogP contribution in [0.5, 0.6) is 11.5 Å². The van der Waals surface area contributed by atoms with Gasteiger partial charge >= 0.3 is 5.97 Å². The lowest BCUT2D eigenvalue weighted by atomic mass is 10.1. The topological polar surface area (TPSA) is 68.6 Å². The summed E-state index contributed by atoms with van der Waals surface area (Å²) in [6.07, 6.45) is 0.135. The lowest BCUT2D eigenvalue weighted by molar-refractivity contribution is -0.145. The van der Waals surface area contributed by atoms with Crippen molar-refractivity contribution < 1.29 is 19.0 Å². The van der Waals surface area contributed by atoms with Gasteiger partial charge in [0.1, 0.15) is 6.61 Å². The van der Waals surface area contributed by atoms with E-state index in [1.54, 1.807) is 43.5 Å². The van der Waals surface area contributed by atoms with Crippen LogP contribution in [-0.2, 0) is 16.1 Å². The maximum Gasteiger partial charge on any atom is 0.309 e. The average molecular weight is 311 g/mol. The molecule has 0 saturated carbocycles. The summed E-state index contributed by atoms with van der Waals surface area (Å²) < 4.78 is 15.8. The number of carbonyl (C=O) groups excluding carboxylic acids is 1. The molecule has 0 aliphatic heterocycles. The zero-order valence-corrected chi connectivity index (χ0v) is 12.8. The Bertz CT molecular complexity index is 706. The number of benzene rings is 2. The Kier molecular flexibility index (Phi) is 6.01. The first-order valence-corrected chi connectivity index (χ1v) is 7.13. The van der Waals surface area contributed by atoms with Crippen molar-refractivity contribution in [2.75, 3.05) is 13.7 Å². The zero-order chi connectivity index (χ0) is 16.5. The number of rotatable bonds is 7. The van der Waals surface area contributed by atoms with Crippen molar-refractivity contribution >= 4 is 5.97 Å². The third kappa shape index (κ3) is 5.04. The van der Waals surface area contributed by atoms with E-state index in [0.29, 0.717) is 17.1 Å². The van der Waals surface area contributed by atoms with Crippen molar-refractivity contribution in [1.82, 2.24) is 0 Å². The minimum atomic E-state index is -0.359. The van der Waals surface area contributed by atoms with E-state index in [1.165, 1.54) is 0 Å². The molecular weight excluding hydrogens is 294 g/mol. The normalized spacial score (nSPS) is 9.74. The fourth-order valence-electron chi connectivity index (χ4n) is 1.95. The summed E-state index contributed by atoms with van der Waals surface area (Å²) in [6, 6.07) is 16.2. The Morgan fingerprint density at radius 1 is 1.13 bits per heavy atom. The summed E-state index contributed by atoms with van der Waals surface area (Å²) in [4.78, 5) is 11.7. The maximum absolute atomic E-state index is 11.7. The number of methoxy groups -OCH3 is 1. The lowest BCUT2D eigenvalue weighted by Crippen LogP contribution is -2.10. The molecule has 2 aromatic carbocycles. The lowest BCUT2D eigenvalue weighted by Gasteiger charge is -2.10. The minimum Gasteiger partial charge on any atom is -0.493 e. The molecule has 118 valence electrons. The second kappa shape index (κ2) is 8.44. The fraction of sp³-hybridized carbons (Fsp3) is 0.222. The molecule has 0 amide bonds. The van der Waals surface area contributed by atoms with E-state index in [4.69, 9.17) is 19.5 Å². The van der Waals surface area contributed by atoms with Crippen molar-refractivity contribution in [2.45, 2.75) is 13.0 Å². The standard InChI is InChI=1S/C18H17NO4/c1-21-16-7-2-3-8-17(16)22-10-9-18(20)23-13-15-6-4-5-14(11-15)12-19/h2-8,11H,9-10,13H2,1H3. The number of hydrogen-bond acceptors (Lipinski definition) is 5. The fourth-order valence-corrected chi connectivity index (χ4v) is 1.95. The molecule has 0 aliphatic rings. The first kappa shape index (κ1) is 16.4. The second-order valence-corrected chi connectivity index (χ2v) is 4.72. The van der Waals surface area contributed by atoms with Gasteiger partial charge in [0.2, 0.25) is 0 Å². The van der Waals surface area contributed by atoms with Crippen molar-refractivity contribution in [3.8, 4) is 17.6 Å². The van der Waals surface area contributed by atoms with Crippen LogP contribution in [0.2, 0.25) is 0 Å². The summed E-state index contributed by atoms with van der Waals surface area (Å²) in [6.45, 7) is 0.348. The van der Waals surface area contributed by atoms with E-state index in [1.807, 2.05) is 18.2 Å². The van der Waals surface area contributed by atoms with E-state index >= 15 is 0 Å². The molecular formula is C18H17NO4. The van der Waals surface area contributed by atoms with E-state index < -0.39 is 0 Å². The smallest absolute Gasteiger partial charge is 0.309 e. The summed E-state index contributed by atoms with van der Waals surface area (Å²) >= 11 is 0. The molecule has 0 aromatic heterocycles. The minimum absolute atomic E-state index is 0.135. The molecule has 0 aliphatic carbocycles.